The molecule has 0 amide bonds. The van der Waals surface area contributed by atoms with E-state index in [1.807, 2.05) is 0 Å². The Labute approximate surface area is 139 Å². The molecule has 0 aromatic heterocycles. The fourth-order valence-corrected chi connectivity index (χ4v) is 1.77. The van der Waals surface area contributed by atoms with Crippen LogP contribution < -0.4 is 4.74 Å². The number of unbranched alkanes of at least 4 members (excludes halogenated alkanes) is 1. The first-order chi connectivity index (χ1) is 10.2. The van der Waals surface area contributed by atoms with Crippen molar-refractivity contribution in [2.75, 3.05) is 27.2 Å². The van der Waals surface area contributed by atoms with Gasteiger partial charge in [0.05, 0.1) is 11.6 Å². The molecule has 0 radical (unpaired) electrons. The Hall–Kier alpha value is -1.50. The quantitative estimate of drug-likeness (QED) is 0.605. The van der Waals surface area contributed by atoms with E-state index in [9.17, 15) is 0 Å². The molecule has 0 saturated carbocycles. The van der Waals surface area contributed by atoms with Crippen LogP contribution in [0, 0.1) is 0 Å². The lowest BCUT2D eigenvalue weighted by atomic mass is 10.3. The fourth-order valence-electron chi connectivity index (χ4n) is 1.30. The van der Waals surface area contributed by atoms with Gasteiger partial charge in [-0.3, -0.25) is 0 Å². The normalized spacial score (nSPS) is 9.86. The number of carboxylic acid groups (broad SMARTS) is 2. The third-order valence-corrected chi connectivity index (χ3v) is 2.86. The highest BCUT2D eigenvalue weighted by Crippen LogP contribution is 2.27. The second kappa shape index (κ2) is 11.1. The van der Waals surface area contributed by atoms with E-state index in [-0.39, 0.29) is 0 Å². The molecule has 0 bridgehead atoms. The average molecular weight is 352 g/mol. The zero-order valence-corrected chi connectivity index (χ0v) is 13.9. The molecular weight excluding hydrogens is 333 g/mol. The van der Waals surface area contributed by atoms with E-state index >= 15 is 0 Å². The maximum absolute atomic E-state index is 9.10. The molecule has 124 valence electrons. The highest BCUT2D eigenvalue weighted by Gasteiger charge is 2.04. The van der Waals surface area contributed by atoms with Crippen LogP contribution >= 0.6 is 23.2 Å². The highest BCUT2D eigenvalue weighted by atomic mass is 35.5. The van der Waals surface area contributed by atoms with E-state index in [1.54, 1.807) is 18.2 Å². The van der Waals surface area contributed by atoms with Crippen molar-refractivity contribution in [3.63, 3.8) is 0 Å². The molecule has 0 saturated heterocycles. The van der Waals surface area contributed by atoms with Crippen molar-refractivity contribution < 1.29 is 24.5 Å². The predicted octanol–water partition coefficient (Wildman–Crippen LogP) is 2.87. The van der Waals surface area contributed by atoms with Gasteiger partial charge in [-0.2, -0.15) is 0 Å². The third-order valence-electron chi connectivity index (χ3n) is 2.33. The first-order valence-electron chi connectivity index (χ1n) is 6.42. The number of aliphatic carboxylic acids is 2. The van der Waals surface area contributed by atoms with Crippen molar-refractivity contribution in [1.29, 1.82) is 0 Å². The van der Waals surface area contributed by atoms with E-state index in [0.717, 1.165) is 19.4 Å². The van der Waals surface area contributed by atoms with Gasteiger partial charge in [0.25, 0.3) is 0 Å². The van der Waals surface area contributed by atoms with Crippen molar-refractivity contribution in [1.82, 2.24) is 4.90 Å². The summed E-state index contributed by atoms with van der Waals surface area (Å²) in [6.45, 7) is 1.77. The van der Waals surface area contributed by atoms with Crippen molar-refractivity contribution in [3.05, 3.63) is 28.2 Å². The molecule has 8 heteroatoms. The number of ether oxygens (including phenoxy) is 1. The van der Waals surface area contributed by atoms with Gasteiger partial charge in [-0.15, -0.1) is 0 Å². The molecule has 0 atom stereocenters. The lowest BCUT2D eigenvalue weighted by Crippen LogP contribution is -2.13. The summed E-state index contributed by atoms with van der Waals surface area (Å²) < 4.78 is 5.56. The van der Waals surface area contributed by atoms with Gasteiger partial charge < -0.3 is 19.8 Å². The summed E-state index contributed by atoms with van der Waals surface area (Å²) in [7, 11) is 4.13. The zero-order valence-electron chi connectivity index (χ0n) is 12.4. The maximum atomic E-state index is 9.10. The zero-order chi connectivity index (χ0) is 17.1. The second-order valence-electron chi connectivity index (χ2n) is 4.54. The monoisotopic (exact) mass is 351 g/mol. The standard InChI is InChI=1S/C12H17Cl2NO.C2H2O4/c1-15(2)7-3-4-8-16-12-6-5-10(13)9-11(12)14;3-1(4)2(5)6/h5-6,9H,3-4,7-8H2,1-2H3;(H,3,4)(H,5,6). The van der Waals surface area contributed by atoms with Crippen LogP contribution in [0.3, 0.4) is 0 Å². The molecule has 22 heavy (non-hydrogen) atoms. The van der Waals surface area contributed by atoms with Crippen LogP contribution in [0.4, 0.5) is 0 Å². The van der Waals surface area contributed by atoms with E-state index in [2.05, 4.69) is 19.0 Å². The van der Waals surface area contributed by atoms with Gasteiger partial charge in [-0.1, -0.05) is 23.2 Å². The number of carboxylic acids is 2. The minimum absolute atomic E-state index is 0.570. The summed E-state index contributed by atoms with van der Waals surface area (Å²) in [5, 5.41) is 16.0. The molecule has 0 fully saturated rings. The van der Waals surface area contributed by atoms with Crippen LogP contribution in [0.2, 0.25) is 10.0 Å². The molecule has 0 aliphatic rings. The summed E-state index contributed by atoms with van der Waals surface area (Å²) in [4.78, 5) is 20.4. The molecule has 0 aliphatic heterocycles. The molecule has 0 unspecified atom stereocenters. The summed E-state index contributed by atoms with van der Waals surface area (Å²) in [5.41, 5.74) is 0. The van der Waals surface area contributed by atoms with Gasteiger partial charge in [0.1, 0.15) is 5.75 Å². The summed E-state index contributed by atoms with van der Waals surface area (Å²) >= 11 is 11.8. The van der Waals surface area contributed by atoms with Crippen LogP contribution in [-0.2, 0) is 9.59 Å². The smallest absolute Gasteiger partial charge is 0.414 e. The molecule has 2 N–H and O–H groups in total. The fraction of sp³-hybridized carbons (Fsp3) is 0.429. The minimum atomic E-state index is -1.82. The summed E-state index contributed by atoms with van der Waals surface area (Å²) in [6.07, 6.45) is 2.15. The van der Waals surface area contributed by atoms with Crippen molar-refractivity contribution in [3.8, 4) is 5.75 Å². The largest absolute Gasteiger partial charge is 0.492 e. The van der Waals surface area contributed by atoms with Crippen LogP contribution in [-0.4, -0.2) is 54.3 Å². The molecule has 0 spiro atoms. The van der Waals surface area contributed by atoms with Crippen LogP contribution in [0.25, 0.3) is 0 Å². The number of hydrogen-bond acceptors (Lipinski definition) is 4. The Morgan fingerprint density at radius 2 is 1.73 bits per heavy atom. The molecular formula is C14H19Cl2NO5. The van der Waals surface area contributed by atoms with Crippen molar-refractivity contribution in [2.45, 2.75) is 12.8 Å². The number of nitrogens with zero attached hydrogens (tertiary/aromatic N) is 1. The van der Waals surface area contributed by atoms with Gasteiger partial charge in [0.2, 0.25) is 0 Å². The molecule has 0 aliphatic carbocycles. The van der Waals surface area contributed by atoms with E-state index < -0.39 is 11.9 Å². The van der Waals surface area contributed by atoms with Gasteiger partial charge in [-0.05, 0) is 51.7 Å². The lowest BCUT2D eigenvalue weighted by molar-refractivity contribution is -0.159. The molecule has 6 nitrogen and oxygen atoms in total. The Balaban J connectivity index is 0.000000626. The topological polar surface area (TPSA) is 87.1 Å². The molecule has 0 heterocycles. The predicted molar refractivity (Wildman–Crippen MR) is 85.0 cm³/mol. The first-order valence-corrected chi connectivity index (χ1v) is 7.18. The average Bonchev–Trinajstić information content (AvgIpc) is 2.40. The number of halogens is 2. The molecule has 1 rings (SSSR count). The number of rotatable bonds is 6. The van der Waals surface area contributed by atoms with E-state index in [1.165, 1.54) is 0 Å². The van der Waals surface area contributed by atoms with Crippen LogP contribution in [0.5, 0.6) is 5.75 Å². The highest BCUT2D eigenvalue weighted by molar-refractivity contribution is 6.35. The third kappa shape index (κ3) is 10.3. The molecule has 1 aromatic rings. The van der Waals surface area contributed by atoms with E-state index in [0.29, 0.717) is 22.4 Å². The molecule has 1 aromatic carbocycles. The van der Waals surface area contributed by atoms with Gasteiger partial charge >= 0.3 is 11.9 Å². The maximum Gasteiger partial charge on any atom is 0.414 e. The summed E-state index contributed by atoms with van der Waals surface area (Å²) in [5.74, 6) is -2.94. The van der Waals surface area contributed by atoms with Crippen LogP contribution in [0.15, 0.2) is 18.2 Å². The number of hydrogen-bond donors (Lipinski definition) is 2. The summed E-state index contributed by atoms with van der Waals surface area (Å²) in [6, 6.07) is 5.28. The van der Waals surface area contributed by atoms with Crippen molar-refractivity contribution in [2.24, 2.45) is 0 Å². The van der Waals surface area contributed by atoms with Crippen molar-refractivity contribution >= 4 is 35.1 Å². The Kier molecular flexibility index (Phi) is 10.4. The van der Waals surface area contributed by atoms with E-state index in [4.69, 9.17) is 47.7 Å². The van der Waals surface area contributed by atoms with Gasteiger partial charge in [-0.25, -0.2) is 9.59 Å². The Morgan fingerprint density at radius 1 is 1.14 bits per heavy atom. The van der Waals surface area contributed by atoms with Gasteiger partial charge in [0.15, 0.2) is 0 Å². The van der Waals surface area contributed by atoms with Crippen LogP contribution in [0.1, 0.15) is 12.8 Å². The SMILES string of the molecule is CN(C)CCCCOc1ccc(Cl)cc1Cl.O=C(O)C(=O)O. The lowest BCUT2D eigenvalue weighted by Gasteiger charge is -2.10. The second-order valence-corrected chi connectivity index (χ2v) is 5.39. The minimum Gasteiger partial charge on any atom is -0.492 e. The van der Waals surface area contributed by atoms with Gasteiger partial charge in [0, 0.05) is 5.02 Å². The number of carbonyl (C=O) groups is 2. The Morgan fingerprint density at radius 3 is 2.18 bits per heavy atom. The number of benzene rings is 1. The first kappa shape index (κ1) is 20.5. The Bertz CT molecular complexity index is 482.